The average molecular weight is 388 g/mol. The zero-order valence-electron chi connectivity index (χ0n) is 15.3. The van der Waals surface area contributed by atoms with Gasteiger partial charge in [-0.15, -0.1) is 22.7 Å². The lowest BCUT2D eigenvalue weighted by molar-refractivity contribution is 0.774. The first-order valence-corrected chi connectivity index (χ1v) is 10.7. The Labute approximate surface area is 162 Å². The van der Waals surface area contributed by atoms with E-state index in [4.69, 9.17) is 0 Å². The highest BCUT2D eigenvalue weighted by Crippen LogP contribution is 2.22. The highest BCUT2D eigenvalue weighted by atomic mass is 32.1. The van der Waals surface area contributed by atoms with Crippen LogP contribution in [0.2, 0.25) is 0 Å². The van der Waals surface area contributed by atoms with Crippen molar-refractivity contribution in [2.24, 2.45) is 4.99 Å². The Morgan fingerprint density at radius 2 is 2.00 bits per heavy atom. The summed E-state index contributed by atoms with van der Waals surface area (Å²) in [4.78, 5) is 15.0. The number of benzene rings is 1. The third-order valence-electron chi connectivity index (χ3n) is 3.80. The van der Waals surface area contributed by atoms with Crippen molar-refractivity contribution in [3.05, 3.63) is 45.4 Å². The van der Waals surface area contributed by atoms with Gasteiger partial charge in [-0.3, -0.25) is 4.99 Å². The number of nitrogens with one attached hydrogen (secondary N) is 2. The van der Waals surface area contributed by atoms with E-state index in [0.29, 0.717) is 0 Å². The van der Waals surface area contributed by atoms with Crippen molar-refractivity contribution >= 4 is 38.8 Å². The Kier molecular flexibility index (Phi) is 6.96. The first kappa shape index (κ1) is 18.8. The highest BCUT2D eigenvalue weighted by Gasteiger charge is 2.03. The monoisotopic (exact) mass is 387 g/mol. The van der Waals surface area contributed by atoms with Gasteiger partial charge in [-0.25, -0.2) is 9.97 Å². The molecule has 0 atom stereocenters. The van der Waals surface area contributed by atoms with Crippen LogP contribution in [0.25, 0.3) is 10.2 Å². The van der Waals surface area contributed by atoms with E-state index < -0.39 is 0 Å². The molecule has 0 saturated heterocycles. The molecule has 0 radical (unpaired) electrons. The van der Waals surface area contributed by atoms with Crippen molar-refractivity contribution in [3.8, 4) is 0 Å². The van der Waals surface area contributed by atoms with E-state index in [-0.39, 0.29) is 0 Å². The summed E-state index contributed by atoms with van der Waals surface area (Å²) in [6.07, 6.45) is 4.83. The van der Waals surface area contributed by atoms with Crippen LogP contribution in [-0.2, 0) is 12.8 Å². The predicted molar refractivity (Wildman–Crippen MR) is 112 cm³/mol. The fraction of sp³-hybridized carbons (Fsp3) is 0.421. The molecule has 5 nitrogen and oxygen atoms in total. The highest BCUT2D eigenvalue weighted by molar-refractivity contribution is 7.18. The summed E-state index contributed by atoms with van der Waals surface area (Å²) in [6, 6.07) is 8.31. The van der Waals surface area contributed by atoms with Gasteiger partial charge in [0.15, 0.2) is 5.96 Å². The second kappa shape index (κ2) is 9.64. The zero-order valence-corrected chi connectivity index (χ0v) is 16.9. The van der Waals surface area contributed by atoms with E-state index in [0.717, 1.165) is 50.4 Å². The van der Waals surface area contributed by atoms with Crippen LogP contribution in [0.15, 0.2) is 35.5 Å². The molecule has 3 rings (SSSR count). The standard InChI is InChI=1S/C19H25N5S2/c1-3-20-19(22-12-10-17-23-13-14(2)25-17)21-11-6-9-18-24-15-7-4-5-8-16(15)26-18/h4-5,7-8,13H,3,6,9-12H2,1-2H3,(H2,20,21,22). The molecule has 0 unspecified atom stereocenters. The van der Waals surface area contributed by atoms with E-state index in [1.165, 1.54) is 19.6 Å². The number of rotatable bonds is 8. The lowest BCUT2D eigenvalue weighted by atomic mass is 10.3. The molecule has 7 heteroatoms. The number of aromatic nitrogens is 2. The summed E-state index contributed by atoms with van der Waals surface area (Å²) in [5, 5.41) is 9.06. The fourth-order valence-corrected chi connectivity index (χ4v) is 4.39. The van der Waals surface area contributed by atoms with Crippen LogP contribution < -0.4 is 10.6 Å². The number of guanidine groups is 1. The molecule has 0 aliphatic carbocycles. The van der Waals surface area contributed by atoms with E-state index in [2.05, 4.69) is 57.6 Å². The molecule has 0 saturated carbocycles. The Hall–Kier alpha value is -1.99. The van der Waals surface area contributed by atoms with Gasteiger partial charge in [-0.05, 0) is 32.4 Å². The smallest absolute Gasteiger partial charge is 0.191 e. The summed E-state index contributed by atoms with van der Waals surface area (Å²) in [5.41, 5.74) is 1.10. The van der Waals surface area contributed by atoms with Crippen molar-refractivity contribution in [2.45, 2.75) is 33.1 Å². The summed E-state index contributed by atoms with van der Waals surface area (Å²) in [6.45, 7) is 6.67. The van der Waals surface area contributed by atoms with Crippen LogP contribution in [0, 0.1) is 6.92 Å². The van der Waals surface area contributed by atoms with Crippen molar-refractivity contribution in [1.29, 1.82) is 0 Å². The van der Waals surface area contributed by atoms with E-state index in [9.17, 15) is 0 Å². The summed E-state index contributed by atoms with van der Waals surface area (Å²) in [7, 11) is 0. The number of hydrogen-bond donors (Lipinski definition) is 2. The normalized spacial score (nSPS) is 11.8. The molecule has 3 aromatic rings. The lowest BCUT2D eigenvalue weighted by Gasteiger charge is -2.10. The number of para-hydroxylation sites is 1. The van der Waals surface area contributed by atoms with Gasteiger partial charge >= 0.3 is 0 Å². The maximum absolute atomic E-state index is 4.68. The van der Waals surface area contributed by atoms with E-state index in [1.807, 2.05) is 12.3 Å². The van der Waals surface area contributed by atoms with Crippen LogP contribution in [0.4, 0.5) is 0 Å². The van der Waals surface area contributed by atoms with Gasteiger partial charge in [0.25, 0.3) is 0 Å². The minimum Gasteiger partial charge on any atom is -0.357 e. The van der Waals surface area contributed by atoms with Crippen LogP contribution in [0.5, 0.6) is 0 Å². The zero-order chi connectivity index (χ0) is 18.2. The van der Waals surface area contributed by atoms with Gasteiger partial charge in [0.2, 0.25) is 0 Å². The van der Waals surface area contributed by atoms with Gasteiger partial charge in [-0.1, -0.05) is 12.1 Å². The summed E-state index contributed by atoms with van der Waals surface area (Å²) < 4.78 is 1.26. The average Bonchev–Trinajstić information content (AvgIpc) is 3.24. The predicted octanol–water partition coefficient (Wildman–Crippen LogP) is 3.79. The van der Waals surface area contributed by atoms with Gasteiger partial charge < -0.3 is 10.6 Å². The Balaban J connectivity index is 1.44. The number of fused-ring (bicyclic) bond motifs is 1. The molecule has 138 valence electrons. The first-order valence-electron chi connectivity index (χ1n) is 9.02. The summed E-state index contributed by atoms with van der Waals surface area (Å²) >= 11 is 3.54. The maximum atomic E-state index is 4.68. The second-order valence-electron chi connectivity index (χ2n) is 5.98. The van der Waals surface area contributed by atoms with Crippen molar-refractivity contribution in [2.75, 3.05) is 19.6 Å². The Morgan fingerprint density at radius 3 is 2.77 bits per heavy atom. The lowest BCUT2D eigenvalue weighted by Crippen LogP contribution is -2.38. The fourth-order valence-electron chi connectivity index (χ4n) is 2.59. The van der Waals surface area contributed by atoms with Crippen LogP contribution >= 0.6 is 22.7 Å². The first-order chi connectivity index (χ1) is 12.7. The molecule has 1 aromatic carbocycles. The van der Waals surface area contributed by atoms with E-state index >= 15 is 0 Å². The quantitative estimate of drug-likeness (QED) is 0.351. The second-order valence-corrected chi connectivity index (χ2v) is 8.42. The maximum Gasteiger partial charge on any atom is 0.191 e. The number of nitrogens with zero attached hydrogens (tertiary/aromatic N) is 3. The van der Waals surface area contributed by atoms with Crippen LogP contribution in [0.3, 0.4) is 0 Å². The van der Waals surface area contributed by atoms with Crippen molar-refractivity contribution in [1.82, 2.24) is 20.6 Å². The van der Waals surface area contributed by atoms with Gasteiger partial charge in [0.1, 0.15) is 0 Å². The number of hydrogen-bond acceptors (Lipinski definition) is 5. The topological polar surface area (TPSA) is 62.2 Å². The van der Waals surface area contributed by atoms with Crippen molar-refractivity contribution in [3.63, 3.8) is 0 Å². The Bertz CT molecular complexity index is 819. The molecule has 2 aromatic heterocycles. The van der Waals surface area contributed by atoms with Crippen LogP contribution in [0.1, 0.15) is 28.2 Å². The van der Waals surface area contributed by atoms with Gasteiger partial charge in [0, 0.05) is 43.5 Å². The number of aryl methyl sites for hydroxylation is 2. The molecule has 0 fully saturated rings. The van der Waals surface area contributed by atoms with Crippen LogP contribution in [-0.4, -0.2) is 35.6 Å². The molecule has 0 aliphatic rings. The van der Waals surface area contributed by atoms with Gasteiger partial charge in [-0.2, -0.15) is 0 Å². The molecule has 0 amide bonds. The molecule has 2 heterocycles. The SMILES string of the molecule is CCNC(=NCCCc1nc2ccccc2s1)NCCc1ncc(C)s1. The molecular weight excluding hydrogens is 362 g/mol. The molecule has 0 spiro atoms. The Morgan fingerprint density at radius 1 is 1.12 bits per heavy atom. The third-order valence-corrected chi connectivity index (χ3v) is 5.87. The molecular formula is C19H25N5S2. The minimum absolute atomic E-state index is 0.793. The van der Waals surface area contributed by atoms with Crippen molar-refractivity contribution < 1.29 is 0 Å². The number of thiazole rings is 2. The largest absolute Gasteiger partial charge is 0.357 e. The molecule has 26 heavy (non-hydrogen) atoms. The third kappa shape index (κ3) is 5.51. The minimum atomic E-state index is 0.793. The van der Waals surface area contributed by atoms with E-state index in [1.54, 1.807) is 22.7 Å². The molecule has 0 bridgehead atoms. The van der Waals surface area contributed by atoms with Gasteiger partial charge in [0.05, 0.1) is 20.2 Å². The summed E-state index contributed by atoms with van der Waals surface area (Å²) in [5.74, 6) is 0.880. The number of aliphatic imine (C=N–C) groups is 1. The molecule has 0 aliphatic heterocycles. The molecule has 2 N–H and O–H groups in total.